The van der Waals surface area contributed by atoms with Gasteiger partial charge in [0.05, 0.1) is 11.7 Å². The Labute approximate surface area is 191 Å². The Bertz CT molecular complexity index is 1470. The molecular weight excluding hydrogens is 411 g/mol. The lowest BCUT2D eigenvalue weighted by atomic mass is 9.93. The molecule has 1 aromatic heterocycles. The first kappa shape index (κ1) is 19.5. The number of carbonyl (C=O) groups excluding carboxylic acids is 1. The maximum atomic E-state index is 13.7. The van der Waals surface area contributed by atoms with E-state index in [2.05, 4.69) is 11.1 Å². The van der Waals surface area contributed by atoms with E-state index in [0.717, 1.165) is 44.4 Å². The highest BCUT2D eigenvalue weighted by Crippen LogP contribution is 2.45. The molecule has 1 N–H and O–H groups in total. The number of amides is 1. The Morgan fingerprint density at radius 2 is 1.48 bits per heavy atom. The molecule has 0 aliphatic carbocycles. The fourth-order valence-corrected chi connectivity index (χ4v) is 4.92. The van der Waals surface area contributed by atoms with Crippen LogP contribution in [0, 0.1) is 5.82 Å². The largest absolute Gasteiger partial charge is 0.354 e. The first-order valence-corrected chi connectivity index (χ1v) is 11.0. The second kappa shape index (κ2) is 7.75. The van der Waals surface area contributed by atoms with Crippen LogP contribution >= 0.6 is 0 Å². The predicted molar refractivity (Wildman–Crippen MR) is 128 cm³/mol. The van der Waals surface area contributed by atoms with Crippen molar-refractivity contribution in [1.29, 1.82) is 0 Å². The minimum Gasteiger partial charge on any atom is -0.354 e. The van der Waals surface area contributed by atoms with Crippen LogP contribution in [-0.2, 0) is 6.54 Å². The van der Waals surface area contributed by atoms with E-state index in [1.54, 1.807) is 12.1 Å². The van der Waals surface area contributed by atoms with Crippen molar-refractivity contribution in [3.8, 4) is 11.3 Å². The second-order valence-corrected chi connectivity index (χ2v) is 8.37. The van der Waals surface area contributed by atoms with Crippen LogP contribution in [0.5, 0.6) is 0 Å². The average Bonchev–Trinajstić information content (AvgIpc) is 3.36. The molecule has 5 aromatic rings. The summed E-state index contributed by atoms with van der Waals surface area (Å²) in [5.74, 6) is -0.252. The summed E-state index contributed by atoms with van der Waals surface area (Å²) in [4.78, 5) is 19.1. The van der Waals surface area contributed by atoms with E-state index < -0.39 is 0 Å². The number of halogens is 1. The highest BCUT2D eigenvalue weighted by molar-refractivity contribution is 6.02. The Balaban J connectivity index is 1.60. The number of nitrogens with one attached hydrogen (secondary N) is 1. The van der Waals surface area contributed by atoms with Gasteiger partial charge in [-0.3, -0.25) is 4.79 Å². The minimum atomic E-state index is -0.275. The molecule has 3 nitrogen and oxygen atoms in total. The topological polar surface area (TPSA) is 36.1 Å². The lowest BCUT2D eigenvalue weighted by Crippen LogP contribution is -2.28. The molecule has 0 saturated heterocycles. The molecule has 0 radical (unpaired) electrons. The van der Waals surface area contributed by atoms with E-state index in [0.29, 0.717) is 6.54 Å². The van der Waals surface area contributed by atoms with Gasteiger partial charge in [0.1, 0.15) is 5.82 Å². The number of aromatic nitrogens is 1. The predicted octanol–water partition coefficient (Wildman–Crippen LogP) is 6.72. The number of H-pyrrole nitrogens is 1. The zero-order valence-corrected chi connectivity index (χ0v) is 17.8. The molecule has 6 rings (SSSR count). The van der Waals surface area contributed by atoms with Crippen molar-refractivity contribution in [2.45, 2.75) is 12.6 Å². The van der Waals surface area contributed by atoms with Gasteiger partial charge in [0.25, 0.3) is 5.91 Å². The Morgan fingerprint density at radius 3 is 2.30 bits per heavy atom. The highest BCUT2D eigenvalue weighted by atomic mass is 19.1. The first-order valence-electron chi connectivity index (χ1n) is 11.0. The summed E-state index contributed by atoms with van der Waals surface area (Å²) in [6.45, 7) is 0.501. The molecule has 33 heavy (non-hydrogen) atoms. The van der Waals surface area contributed by atoms with Gasteiger partial charge in [0, 0.05) is 28.6 Å². The Kier molecular flexibility index (Phi) is 4.58. The number of aromatic amines is 1. The molecule has 2 heterocycles. The number of rotatable bonds is 4. The van der Waals surface area contributed by atoms with Crippen molar-refractivity contribution in [3.05, 3.63) is 131 Å². The fraction of sp³-hybridized carbons (Fsp3) is 0.0690. The summed E-state index contributed by atoms with van der Waals surface area (Å²) < 4.78 is 13.7. The van der Waals surface area contributed by atoms with E-state index in [9.17, 15) is 9.18 Å². The zero-order chi connectivity index (χ0) is 22.4. The second-order valence-electron chi connectivity index (χ2n) is 8.37. The molecule has 1 aliphatic heterocycles. The van der Waals surface area contributed by atoms with Crippen molar-refractivity contribution in [3.63, 3.8) is 0 Å². The maximum absolute atomic E-state index is 13.7. The van der Waals surface area contributed by atoms with Crippen LogP contribution in [0.3, 0.4) is 0 Å². The lowest BCUT2D eigenvalue weighted by molar-refractivity contribution is 0.0737. The molecule has 0 spiro atoms. The highest BCUT2D eigenvalue weighted by Gasteiger charge is 2.40. The minimum absolute atomic E-state index is 0.0230. The number of hydrogen-bond acceptors (Lipinski definition) is 1. The number of nitrogens with zero attached hydrogens (tertiary/aromatic N) is 1. The molecule has 160 valence electrons. The third kappa shape index (κ3) is 3.23. The molecular formula is C29H21FN2O. The molecule has 4 aromatic carbocycles. The van der Waals surface area contributed by atoms with Crippen LogP contribution in [-0.4, -0.2) is 15.8 Å². The summed E-state index contributed by atoms with van der Waals surface area (Å²) in [5, 5.41) is 1.06. The molecule has 0 unspecified atom stereocenters. The van der Waals surface area contributed by atoms with Crippen LogP contribution in [0.25, 0.3) is 22.2 Å². The van der Waals surface area contributed by atoms with E-state index >= 15 is 0 Å². The quantitative estimate of drug-likeness (QED) is 0.336. The van der Waals surface area contributed by atoms with Crippen LogP contribution in [0.4, 0.5) is 4.39 Å². The Hall–Kier alpha value is -4.18. The van der Waals surface area contributed by atoms with E-state index in [-0.39, 0.29) is 17.8 Å². The van der Waals surface area contributed by atoms with Crippen molar-refractivity contribution in [1.82, 2.24) is 9.88 Å². The normalized spacial score (nSPS) is 15.2. The van der Waals surface area contributed by atoms with Gasteiger partial charge in [-0.2, -0.15) is 0 Å². The van der Waals surface area contributed by atoms with E-state index in [1.807, 2.05) is 77.7 Å². The molecule has 0 bridgehead atoms. The van der Waals surface area contributed by atoms with Crippen molar-refractivity contribution in [2.24, 2.45) is 0 Å². The smallest absolute Gasteiger partial charge is 0.255 e. The van der Waals surface area contributed by atoms with Crippen molar-refractivity contribution < 1.29 is 9.18 Å². The van der Waals surface area contributed by atoms with Crippen LogP contribution in [0.2, 0.25) is 0 Å². The van der Waals surface area contributed by atoms with Gasteiger partial charge >= 0.3 is 0 Å². The third-order valence-corrected chi connectivity index (χ3v) is 6.41. The number of benzene rings is 4. The monoisotopic (exact) mass is 432 g/mol. The Morgan fingerprint density at radius 1 is 0.788 bits per heavy atom. The summed E-state index contributed by atoms with van der Waals surface area (Å²) in [6, 6.07) is 32.3. The zero-order valence-electron chi connectivity index (χ0n) is 17.8. The number of fused-ring (bicyclic) bond motifs is 2. The van der Waals surface area contributed by atoms with Gasteiger partial charge in [0.15, 0.2) is 0 Å². The van der Waals surface area contributed by atoms with Gasteiger partial charge in [0.2, 0.25) is 0 Å². The van der Waals surface area contributed by atoms with E-state index in [4.69, 9.17) is 0 Å². The van der Waals surface area contributed by atoms with Gasteiger partial charge in [-0.15, -0.1) is 0 Å². The fourth-order valence-electron chi connectivity index (χ4n) is 4.92. The average molecular weight is 432 g/mol. The number of hydrogen-bond donors (Lipinski definition) is 1. The van der Waals surface area contributed by atoms with Gasteiger partial charge in [-0.25, -0.2) is 4.39 Å². The third-order valence-electron chi connectivity index (χ3n) is 6.41. The molecule has 0 saturated carbocycles. The number of para-hydroxylation sites is 1. The summed E-state index contributed by atoms with van der Waals surface area (Å²) in [6.07, 6.45) is 0. The summed E-state index contributed by atoms with van der Waals surface area (Å²) >= 11 is 0. The SMILES string of the molecule is O=C1c2ccccc2[C@H](c2c(-c3ccc(F)cc3)[nH]c3ccccc23)N1Cc1ccccc1. The molecule has 4 heteroatoms. The molecule has 1 atom stereocenters. The molecule has 1 amide bonds. The van der Waals surface area contributed by atoms with Gasteiger partial charge in [-0.05, 0) is 53.1 Å². The number of carbonyl (C=O) groups is 1. The van der Waals surface area contributed by atoms with Crippen LogP contribution < -0.4 is 0 Å². The van der Waals surface area contributed by atoms with Crippen LogP contribution in [0.15, 0.2) is 103 Å². The van der Waals surface area contributed by atoms with Crippen molar-refractivity contribution in [2.75, 3.05) is 0 Å². The standard InChI is InChI=1S/C29H21FN2O/c30-21-16-14-20(15-17-21)27-26(24-12-6-7-13-25(24)31-27)28-22-10-4-5-11-23(22)29(33)32(28)18-19-8-2-1-3-9-19/h1-17,28,31H,18H2/t28-/m1/s1. The van der Waals surface area contributed by atoms with Gasteiger partial charge < -0.3 is 9.88 Å². The molecule has 0 fully saturated rings. The van der Waals surface area contributed by atoms with Crippen molar-refractivity contribution >= 4 is 16.8 Å². The lowest BCUT2D eigenvalue weighted by Gasteiger charge is -2.27. The van der Waals surface area contributed by atoms with Gasteiger partial charge in [-0.1, -0.05) is 66.7 Å². The summed E-state index contributed by atoms with van der Waals surface area (Å²) in [7, 11) is 0. The summed E-state index contributed by atoms with van der Waals surface area (Å²) in [5.41, 5.74) is 6.62. The first-order chi connectivity index (χ1) is 16.2. The van der Waals surface area contributed by atoms with E-state index in [1.165, 1.54) is 12.1 Å². The van der Waals surface area contributed by atoms with Crippen LogP contribution in [0.1, 0.15) is 33.1 Å². The maximum Gasteiger partial charge on any atom is 0.255 e. The molecule has 1 aliphatic rings.